The van der Waals surface area contributed by atoms with E-state index < -0.39 is 0 Å². The lowest BCUT2D eigenvalue weighted by Crippen LogP contribution is -2.27. The predicted molar refractivity (Wildman–Crippen MR) is 110 cm³/mol. The van der Waals surface area contributed by atoms with Gasteiger partial charge in [0.25, 0.3) is 0 Å². The van der Waals surface area contributed by atoms with Gasteiger partial charge in [-0.15, -0.1) is 0 Å². The summed E-state index contributed by atoms with van der Waals surface area (Å²) >= 11 is 0. The zero-order valence-corrected chi connectivity index (χ0v) is 15.3. The van der Waals surface area contributed by atoms with Gasteiger partial charge in [0.05, 0.1) is 23.9 Å². The Morgan fingerprint density at radius 2 is 1.82 bits per heavy atom. The Morgan fingerprint density at radius 3 is 2.79 bits per heavy atom. The normalized spacial score (nSPS) is 10.4. The second-order valence-electron chi connectivity index (χ2n) is 6.26. The molecular weight excluding hydrogens is 350 g/mol. The van der Waals surface area contributed by atoms with Gasteiger partial charge in [-0.25, -0.2) is 4.98 Å². The van der Waals surface area contributed by atoms with Crippen molar-refractivity contribution in [3.63, 3.8) is 0 Å². The first-order valence-electron chi connectivity index (χ1n) is 9.04. The number of benzene rings is 3. The van der Waals surface area contributed by atoms with Crippen LogP contribution in [0.25, 0.3) is 21.8 Å². The Labute approximate surface area is 163 Å². The van der Waals surface area contributed by atoms with Crippen LogP contribution < -0.4 is 10.1 Å². The number of carbonyl (C=O) groups is 1. The molecule has 1 N–H and O–H groups in total. The van der Waals surface area contributed by atoms with E-state index in [1.54, 1.807) is 6.33 Å². The van der Waals surface area contributed by atoms with E-state index in [-0.39, 0.29) is 25.6 Å². The largest absolute Gasteiger partial charge is 0.480 e. The maximum Gasteiger partial charge on any atom is 0.240 e. The molecule has 0 aliphatic carbocycles. The molecule has 4 rings (SSSR count). The first-order chi connectivity index (χ1) is 13.8. The fraction of sp³-hybridized carbons (Fsp3) is 0.130. The van der Waals surface area contributed by atoms with Crippen molar-refractivity contribution >= 4 is 27.7 Å². The fourth-order valence-electron chi connectivity index (χ4n) is 3.04. The van der Waals surface area contributed by atoms with Crippen LogP contribution >= 0.6 is 0 Å². The summed E-state index contributed by atoms with van der Waals surface area (Å²) < 4.78 is 7.58. The molecular formula is C23H19N3O2. The van der Waals surface area contributed by atoms with Crippen molar-refractivity contribution < 1.29 is 9.53 Å². The number of amides is 1. The van der Waals surface area contributed by atoms with Crippen molar-refractivity contribution in [3.8, 4) is 17.6 Å². The third kappa shape index (κ3) is 3.97. The van der Waals surface area contributed by atoms with Crippen LogP contribution in [-0.4, -0.2) is 28.6 Å². The first-order valence-corrected chi connectivity index (χ1v) is 9.04. The molecule has 0 aliphatic heterocycles. The van der Waals surface area contributed by atoms with E-state index in [2.05, 4.69) is 22.1 Å². The zero-order chi connectivity index (χ0) is 19.2. The fourth-order valence-corrected chi connectivity index (χ4v) is 3.04. The van der Waals surface area contributed by atoms with Crippen LogP contribution in [0.15, 0.2) is 73.1 Å². The maximum atomic E-state index is 12.1. The smallest absolute Gasteiger partial charge is 0.240 e. The molecule has 0 aliphatic rings. The van der Waals surface area contributed by atoms with E-state index in [1.165, 1.54) is 0 Å². The monoisotopic (exact) mass is 369 g/mol. The topological polar surface area (TPSA) is 56.2 Å². The molecule has 0 saturated heterocycles. The molecule has 5 nitrogen and oxygen atoms in total. The third-order valence-electron chi connectivity index (χ3n) is 4.39. The molecule has 1 heterocycles. The SMILES string of the molecule is O=C(Cn1cnc2ccccc21)NCC#CCOc1cccc2ccccc12. The summed E-state index contributed by atoms with van der Waals surface area (Å²) in [6.45, 7) is 0.773. The number of nitrogens with zero attached hydrogens (tertiary/aromatic N) is 2. The van der Waals surface area contributed by atoms with Gasteiger partial charge in [-0.3, -0.25) is 4.79 Å². The molecule has 0 spiro atoms. The molecule has 5 heteroatoms. The molecule has 0 radical (unpaired) electrons. The summed E-state index contributed by atoms with van der Waals surface area (Å²) in [7, 11) is 0. The minimum absolute atomic E-state index is 0.104. The highest BCUT2D eigenvalue weighted by Gasteiger charge is 2.05. The molecule has 0 saturated carbocycles. The van der Waals surface area contributed by atoms with E-state index in [0.717, 1.165) is 27.6 Å². The average Bonchev–Trinajstić information content (AvgIpc) is 3.13. The number of imidazole rings is 1. The van der Waals surface area contributed by atoms with E-state index in [9.17, 15) is 4.79 Å². The second-order valence-corrected chi connectivity index (χ2v) is 6.26. The summed E-state index contributed by atoms with van der Waals surface area (Å²) in [4.78, 5) is 16.4. The van der Waals surface area contributed by atoms with Crippen molar-refractivity contribution in [2.75, 3.05) is 13.2 Å². The van der Waals surface area contributed by atoms with Gasteiger partial charge in [0, 0.05) is 5.39 Å². The van der Waals surface area contributed by atoms with Gasteiger partial charge in [0.2, 0.25) is 5.91 Å². The average molecular weight is 369 g/mol. The maximum absolute atomic E-state index is 12.1. The van der Waals surface area contributed by atoms with Crippen LogP contribution in [0.2, 0.25) is 0 Å². The summed E-state index contributed by atoms with van der Waals surface area (Å²) in [5.41, 5.74) is 1.81. The second kappa shape index (κ2) is 8.28. The quantitative estimate of drug-likeness (QED) is 0.549. The molecule has 1 aromatic heterocycles. The van der Waals surface area contributed by atoms with Crippen molar-refractivity contribution in [3.05, 3.63) is 73.1 Å². The number of nitrogens with one attached hydrogen (secondary N) is 1. The lowest BCUT2D eigenvalue weighted by Gasteiger charge is -2.06. The van der Waals surface area contributed by atoms with Gasteiger partial charge in [-0.1, -0.05) is 60.4 Å². The zero-order valence-electron chi connectivity index (χ0n) is 15.3. The number of para-hydroxylation sites is 2. The van der Waals surface area contributed by atoms with Crippen LogP contribution in [0.3, 0.4) is 0 Å². The van der Waals surface area contributed by atoms with Crippen molar-refractivity contribution in [2.24, 2.45) is 0 Å². The molecule has 0 fully saturated rings. The summed E-state index contributed by atoms with van der Waals surface area (Å²) in [6.07, 6.45) is 1.67. The van der Waals surface area contributed by atoms with Gasteiger partial charge in [0.1, 0.15) is 18.9 Å². The Kier molecular flexibility index (Phi) is 5.21. The van der Waals surface area contributed by atoms with E-state index in [4.69, 9.17) is 4.74 Å². The van der Waals surface area contributed by atoms with Gasteiger partial charge in [0.15, 0.2) is 0 Å². The van der Waals surface area contributed by atoms with Crippen LogP contribution in [0.4, 0.5) is 0 Å². The van der Waals surface area contributed by atoms with Crippen molar-refractivity contribution in [1.29, 1.82) is 0 Å². The van der Waals surface area contributed by atoms with Crippen LogP contribution in [0, 0.1) is 11.8 Å². The number of rotatable bonds is 5. The Balaban J connectivity index is 1.26. The number of ether oxygens (including phenoxy) is 1. The first kappa shape index (κ1) is 17.6. The number of hydrogen-bond acceptors (Lipinski definition) is 3. The Morgan fingerprint density at radius 1 is 1.00 bits per heavy atom. The molecule has 138 valence electrons. The van der Waals surface area contributed by atoms with Gasteiger partial charge < -0.3 is 14.6 Å². The summed E-state index contributed by atoms with van der Waals surface area (Å²) in [5.74, 6) is 6.56. The molecule has 0 unspecified atom stereocenters. The molecule has 0 bridgehead atoms. The number of carbonyl (C=O) groups excluding carboxylic acids is 1. The van der Waals surface area contributed by atoms with Crippen molar-refractivity contribution in [1.82, 2.24) is 14.9 Å². The Bertz CT molecular complexity index is 1180. The van der Waals surface area contributed by atoms with Gasteiger partial charge in [-0.05, 0) is 23.6 Å². The molecule has 28 heavy (non-hydrogen) atoms. The molecule has 3 aromatic carbocycles. The number of hydrogen-bond donors (Lipinski definition) is 1. The van der Waals surface area contributed by atoms with Crippen LogP contribution in [0.5, 0.6) is 5.75 Å². The Hall–Kier alpha value is -3.78. The summed E-state index contributed by atoms with van der Waals surface area (Å²) in [5, 5.41) is 4.99. The van der Waals surface area contributed by atoms with Gasteiger partial charge >= 0.3 is 0 Å². The van der Waals surface area contributed by atoms with Crippen LogP contribution in [-0.2, 0) is 11.3 Å². The van der Waals surface area contributed by atoms with E-state index >= 15 is 0 Å². The molecule has 0 atom stereocenters. The lowest BCUT2D eigenvalue weighted by atomic mass is 10.1. The number of aromatic nitrogens is 2. The predicted octanol–water partition coefficient (Wildman–Crippen LogP) is 3.39. The van der Waals surface area contributed by atoms with Crippen molar-refractivity contribution in [2.45, 2.75) is 6.54 Å². The minimum atomic E-state index is -0.104. The lowest BCUT2D eigenvalue weighted by molar-refractivity contribution is -0.121. The minimum Gasteiger partial charge on any atom is -0.480 e. The standard InChI is InChI=1S/C23H19N3O2/c27-23(16-26-17-25-20-11-3-4-12-21(20)26)24-14-5-6-15-28-22-13-7-9-18-8-1-2-10-19(18)22/h1-4,7-13,17H,14-16H2,(H,24,27). The van der Waals surface area contributed by atoms with Crippen LogP contribution in [0.1, 0.15) is 0 Å². The summed E-state index contributed by atoms with van der Waals surface area (Å²) in [6, 6.07) is 21.7. The highest BCUT2D eigenvalue weighted by molar-refractivity contribution is 5.88. The number of fused-ring (bicyclic) bond motifs is 2. The van der Waals surface area contributed by atoms with Gasteiger partial charge in [-0.2, -0.15) is 0 Å². The van der Waals surface area contributed by atoms with E-state index in [0.29, 0.717) is 0 Å². The van der Waals surface area contributed by atoms with E-state index in [1.807, 2.05) is 71.3 Å². The molecule has 4 aromatic rings. The highest BCUT2D eigenvalue weighted by atomic mass is 16.5. The highest BCUT2D eigenvalue weighted by Crippen LogP contribution is 2.24. The third-order valence-corrected chi connectivity index (χ3v) is 4.39. The molecule has 1 amide bonds.